The molecule has 0 aromatic heterocycles. The first-order valence-electron chi connectivity index (χ1n) is 22.4. The number of hydrogen-bond acceptors (Lipinski definition) is 0. The highest BCUT2D eigenvalue weighted by atomic mass is 14.3. The maximum Gasteiger partial charge on any atom is -0.000727 e. The molecule has 306 valence electrons. The van der Waals surface area contributed by atoms with E-state index >= 15 is 0 Å². The molecule has 0 nitrogen and oxygen atoms in total. The van der Waals surface area contributed by atoms with E-state index in [1.54, 1.807) is 0 Å². The number of hydrogen-bond donors (Lipinski definition) is 0. The van der Waals surface area contributed by atoms with E-state index in [9.17, 15) is 0 Å². The summed E-state index contributed by atoms with van der Waals surface area (Å²) in [6.45, 7) is 4.33. The zero-order chi connectivity index (χ0) is 43.2. The normalized spacial score (nSPS) is 11.5. The third-order valence-electron chi connectivity index (χ3n) is 12.7. The number of rotatable bonds is 5. The summed E-state index contributed by atoms with van der Waals surface area (Å²) in [6, 6.07) is 87.1. The summed E-state index contributed by atoms with van der Waals surface area (Å²) >= 11 is 0. The van der Waals surface area contributed by atoms with Crippen molar-refractivity contribution in [2.45, 2.75) is 26.7 Å². The molecule has 0 heteroatoms. The predicted octanol–water partition coefficient (Wildman–Crippen LogP) is 17.2. The molecule has 0 saturated heterocycles. The first-order chi connectivity index (χ1) is 31.6. The Kier molecular flexibility index (Phi) is 11.5. The van der Waals surface area contributed by atoms with Crippen molar-refractivity contribution in [1.29, 1.82) is 0 Å². The van der Waals surface area contributed by atoms with Gasteiger partial charge in [-0.2, -0.15) is 0 Å². The molecule has 10 aromatic rings. The second kappa shape index (κ2) is 18.3. The highest BCUT2D eigenvalue weighted by Gasteiger charge is 2.24. The predicted molar refractivity (Wildman–Crippen MR) is 272 cm³/mol. The van der Waals surface area contributed by atoms with Gasteiger partial charge >= 0.3 is 0 Å². The van der Waals surface area contributed by atoms with Crippen LogP contribution in [0.3, 0.4) is 0 Å². The Morgan fingerprint density at radius 1 is 0.234 bits per heavy atom. The maximum absolute atomic E-state index is 2.39. The zero-order valence-corrected chi connectivity index (χ0v) is 36.5. The molecule has 0 bridgehead atoms. The molecule has 0 amide bonds. The van der Waals surface area contributed by atoms with Crippen LogP contribution in [0.25, 0.3) is 77.9 Å². The highest BCUT2D eigenvalue weighted by molar-refractivity contribution is 5.91. The van der Waals surface area contributed by atoms with Crippen molar-refractivity contribution in [3.63, 3.8) is 0 Å². The van der Waals surface area contributed by atoms with Crippen LogP contribution in [0.1, 0.15) is 33.4 Å². The smallest absolute Gasteiger partial charge is 0.000727 e. The topological polar surface area (TPSA) is 0 Å². The standard InChI is InChI=1S/C31H22.C26H20.C7H8/c1-4-10-22(11-5-1)25-16-17-26-19-30-28(24-14-8-3-9-15-24)20-27(21-31(30)29(26)18-25)23-12-6-2-7-13-23;1-18-14-23(20-10-6-3-7-11-20)17-26-24(18)16-22-13-12-21(15-25(22)26)19-8-4-2-5-9-19;1-7-5-3-2-4-6-7/h1-18,20-21H,19H2;2-15,17H,16H2,1H3;2-6H,1H3. The minimum absolute atomic E-state index is 0.985. The first-order valence-corrected chi connectivity index (χ1v) is 22.4. The van der Waals surface area contributed by atoms with Crippen LogP contribution >= 0.6 is 0 Å². The van der Waals surface area contributed by atoms with Gasteiger partial charge in [-0.25, -0.2) is 0 Å². The molecule has 64 heavy (non-hydrogen) atoms. The summed E-state index contributed by atoms with van der Waals surface area (Å²) in [4.78, 5) is 0. The van der Waals surface area contributed by atoms with E-state index in [0.717, 1.165) is 12.8 Å². The molecular weight excluding hydrogens is 769 g/mol. The third kappa shape index (κ3) is 8.52. The average Bonchev–Trinajstić information content (AvgIpc) is 3.94. The van der Waals surface area contributed by atoms with Crippen LogP contribution in [0.4, 0.5) is 0 Å². The summed E-state index contributed by atoms with van der Waals surface area (Å²) < 4.78 is 0. The largest absolute Gasteiger partial charge is 0.0622 e. The van der Waals surface area contributed by atoms with Gasteiger partial charge < -0.3 is 0 Å². The molecule has 0 atom stereocenters. The van der Waals surface area contributed by atoms with E-state index in [1.807, 2.05) is 18.2 Å². The second-order valence-electron chi connectivity index (χ2n) is 17.0. The molecule has 2 aliphatic carbocycles. The molecule has 0 fully saturated rings. The van der Waals surface area contributed by atoms with Gasteiger partial charge in [0.25, 0.3) is 0 Å². The molecule has 0 saturated carbocycles. The van der Waals surface area contributed by atoms with Crippen LogP contribution < -0.4 is 0 Å². The van der Waals surface area contributed by atoms with Crippen molar-refractivity contribution >= 4 is 0 Å². The molecule has 2 aliphatic rings. The number of benzene rings is 10. The minimum Gasteiger partial charge on any atom is -0.0622 e. The van der Waals surface area contributed by atoms with Gasteiger partial charge in [0.2, 0.25) is 0 Å². The fraction of sp³-hybridized carbons (Fsp3) is 0.0625. The lowest BCUT2D eigenvalue weighted by molar-refractivity contribution is 1.22. The SMILES string of the molecule is Cc1cc(-c2ccccc2)cc2c1Cc1ccc(-c3ccccc3)cc1-2.Cc1ccccc1.c1ccc(-c2ccc3c(c2)-c2cc(-c4ccccc4)cc(-c4ccccc4)c2C3)cc1. The van der Waals surface area contributed by atoms with E-state index in [4.69, 9.17) is 0 Å². The van der Waals surface area contributed by atoms with Crippen LogP contribution in [0.2, 0.25) is 0 Å². The summed E-state index contributed by atoms with van der Waals surface area (Å²) in [6.07, 6.45) is 2.03. The van der Waals surface area contributed by atoms with Crippen LogP contribution in [-0.4, -0.2) is 0 Å². The van der Waals surface area contributed by atoms with Gasteiger partial charge in [-0.1, -0.05) is 218 Å². The Bertz CT molecular complexity index is 3170. The van der Waals surface area contributed by atoms with E-state index in [1.165, 1.54) is 111 Å². The molecule has 12 rings (SSSR count). The van der Waals surface area contributed by atoms with Crippen molar-refractivity contribution in [2.75, 3.05) is 0 Å². The van der Waals surface area contributed by atoms with Crippen molar-refractivity contribution in [3.05, 3.63) is 276 Å². The van der Waals surface area contributed by atoms with Crippen molar-refractivity contribution < 1.29 is 0 Å². The lowest BCUT2D eigenvalue weighted by Gasteiger charge is -2.13. The summed E-state index contributed by atoms with van der Waals surface area (Å²) in [5, 5.41) is 0. The molecule has 0 aliphatic heterocycles. The van der Waals surface area contributed by atoms with Gasteiger partial charge in [-0.15, -0.1) is 0 Å². The maximum atomic E-state index is 2.39. The monoisotopic (exact) mass is 818 g/mol. The fourth-order valence-electron chi connectivity index (χ4n) is 9.36. The van der Waals surface area contributed by atoms with Crippen LogP contribution in [0, 0.1) is 13.8 Å². The summed E-state index contributed by atoms with van der Waals surface area (Å²) in [7, 11) is 0. The van der Waals surface area contributed by atoms with Gasteiger partial charge in [0.05, 0.1) is 0 Å². The second-order valence-corrected chi connectivity index (χ2v) is 17.0. The highest BCUT2D eigenvalue weighted by Crippen LogP contribution is 2.46. The van der Waals surface area contributed by atoms with E-state index in [2.05, 4.69) is 238 Å². The van der Waals surface area contributed by atoms with E-state index in [0.29, 0.717) is 0 Å². The number of fused-ring (bicyclic) bond motifs is 6. The molecule has 0 heterocycles. The van der Waals surface area contributed by atoms with Crippen LogP contribution in [-0.2, 0) is 12.8 Å². The zero-order valence-electron chi connectivity index (χ0n) is 36.5. The molecular formula is C64H50. The summed E-state index contributed by atoms with van der Waals surface area (Å²) in [5.41, 5.74) is 26.9. The first kappa shape index (κ1) is 40.3. The molecule has 0 N–H and O–H groups in total. The fourth-order valence-corrected chi connectivity index (χ4v) is 9.36. The Balaban J connectivity index is 0.000000133. The van der Waals surface area contributed by atoms with E-state index in [-0.39, 0.29) is 0 Å². The van der Waals surface area contributed by atoms with E-state index < -0.39 is 0 Å². The molecule has 0 unspecified atom stereocenters. The van der Waals surface area contributed by atoms with Crippen molar-refractivity contribution in [3.8, 4) is 77.9 Å². The van der Waals surface area contributed by atoms with Crippen LogP contribution in [0.5, 0.6) is 0 Å². The van der Waals surface area contributed by atoms with Gasteiger partial charge in [0.15, 0.2) is 0 Å². The molecule has 10 aromatic carbocycles. The van der Waals surface area contributed by atoms with Gasteiger partial charge in [0.1, 0.15) is 0 Å². The minimum atomic E-state index is 0.985. The molecule has 0 radical (unpaired) electrons. The average molecular weight is 819 g/mol. The summed E-state index contributed by atoms with van der Waals surface area (Å²) in [5.74, 6) is 0. The Morgan fingerprint density at radius 2 is 0.562 bits per heavy atom. The van der Waals surface area contributed by atoms with Gasteiger partial charge in [0, 0.05) is 0 Å². The lowest BCUT2D eigenvalue weighted by atomic mass is 9.90. The Morgan fingerprint density at radius 3 is 0.984 bits per heavy atom. The van der Waals surface area contributed by atoms with Crippen molar-refractivity contribution in [2.24, 2.45) is 0 Å². The van der Waals surface area contributed by atoms with Gasteiger partial charge in [-0.3, -0.25) is 0 Å². The molecule has 0 spiro atoms. The lowest BCUT2D eigenvalue weighted by Crippen LogP contribution is -1.90. The Hall–Kier alpha value is -7.80. The van der Waals surface area contributed by atoms with Gasteiger partial charge in [-0.05, 0) is 163 Å². The number of aryl methyl sites for hydroxylation is 2. The Labute approximate surface area is 378 Å². The quantitative estimate of drug-likeness (QED) is 0.162. The van der Waals surface area contributed by atoms with Crippen molar-refractivity contribution in [1.82, 2.24) is 0 Å². The van der Waals surface area contributed by atoms with Crippen LogP contribution in [0.15, 0.2) is 243 Å². The third-order valence-corrected chi connectivity index (χ3v) is 12.7.